The van der Waals surface area contributed by atoms with Crippen molar-refractivity contribution in [1.29, 1.82) is 0 Å². The highest BCUT2D eigenvalue weighted by molar-refractivity contribution is 7.90. The van der Waals surface area contributed by atoms with Gasteiger partial charge >= 0.3 is 0 Å². The normalized spacial score (nSPS) is 17.5. The SMILES string of the molecule is O=C(NCc1ccc(Cn2ccnc2)cc1)C1=CN2CCS(=O)(=O)N=C2C=C1. The second-order valence-electron chi connectivity index (χ2n) is 6.58. The van der Waals surface area contributed by atoms with E-state index in [-0.39, 0.29) is 11.7 Å². The molecule has 0 saturated carbocycles. The summed E-state index contributed by atoms with van der Waals surface area (Å²) in [6, 6.07) is 8.02. The molecule has 0 spiro atoms. The Hall–Kier alpha value is -3.20. The molecule has 0 bridgehead atoms. The van der Waals surface area contributed by atoms with Crippen LogP contribution in [0.4, 0.5) is 0 Å². The Morgan fingerprint density at radius 2 is 1.93 bits per heavy atom. The monoisotopic (exact) mass is 397 g/mol. The van der Waals surface area contributed by atoms with Gasteiger partial charge in [-0.05, 0) is 23.3 Å². The van der Waals surface area contributed by atoms with Crippen molar-refractivity contribution < 1.29 is 13.2 Å². The minimum atomic E-state index is -3.40. The third kappa shape index (κ3) is 4.20. The number of aromatic nitrogens is 2. The van der Waals surface area contributed by atoms with Crippen LogP contribution >= 0.6 is 0 Å². The first-order valence-electron chi connectivity index (χ1n) is 8.79. The van der Waals surface area contributed by atoms with Gasteiger partial charge in [-0.1, -0.05) is 24.3 Å². The Morgan fingerprint density at radius 1 is 1.14 bits per heavy atom. The number of benzene rings is 1. The molecule has 2 aliphatic rings. The fourth-order valence-corrected chi connectivity index (χ4v) is 3.94. The number of imidazole rings is 1. The molecular formula is C19H19N5O3S. The van der Waals surface area contributed by atoms with E-state index < -0.39 is 10.0 Å². The van der Waals surface area contributed by atoms with Gasteiger partial charge in [0.05, 0.1) is 17.7 Å². The lowest BCUT2D eigenvalue weighted by Gasteiger charge is -2.26. The van der Waals surface area contributed by atoms with Crippen LogP contribution in [0, 0.1) is 0 Å². The van der Waals surface area contributed by atoms with Gasteiger partial charge in [-0.2, -0.15) is 0 Å². The second-order valence-corrected chi connectivity index (χ2v) is 8.34. The molecule has 9 heteroatoms. The molecule has 144 valence electrons. The van der Waals surface area contributed by atoms with Crippen molar-refractivity contribution in [2.75, 3.05) is 12.3 Å². The van der Waals surface area contributed by atoms with Gasteiger partial charge in [0.2, 0.25) is 0 Å². The van der Waals surface area contributed by atoms with Crippen LogP contribution < -0.4 is 5.32 Å². The fourth-order valence-electron chi connectivity index (χ4n) is 2.97. The van der Waals surface area contributed by atoms with E-state index in [1.165, 1.54) is 0 Å². The molecule has 1 N–H and O–H groups in total. The van der Waals surface area contributed by atoms with E-state index in [9.17, 15) is 13.2 Å². The number of hydrogen-bond donors (Lipinski definition) is 1. The van der Waals surface area contributed by atoms with Crippen LogP contribution in [-0.2, 0) is 27.9 Å². The lowest BCUT2D eigenvalue weighted by atomic mass is 10.1. The van der Waals surface area contributed by atoms with E-state index >= 15 is 0 Å². The van der Waals surface area contributed by atoms with Crippen LogP contribution in [0.2, 0.25) is 0 Å². The lowest BCUT2D eigenvalue weighted by molar-refractivity contribution is -0.117. The molecule has 0 atom stereocenters. The highest BCUT2D eigenvalue weighted by Crippen LogP contribution is 2.16. The lowest BCUT2D eigenvalue weighted by Crippen LogP contribution is -2.38. The second kappa shape index (κ2) is 7.43. The first-order valence-corrected chi connectivity index (χ1v) is 10.4. The first kappa shape index (κ1) is 18.2. The number of fused-ring (bicyclic) bond motifs is 1. The molecular weight excluding hydrogens is 378 g/mol. The Kier molecular flexibility index (Phi) is 4.82. The van der Waals surface area contributed by atoms with Gasteiger partial charge in [0.25, 0.3) is 15.9 Å². The van der Waals surface area contributed by atoms with Crippen molar-refractivity contribution in [2.24, 2.45) is 4.40 Å². The maximum atomic E-state index is 12.4. The van der Waals surface area contributed by atoms with E-state index in [1.807, 2.05) is 35.0 Å². The molecule has 8 nitrogen and oxygen atoms in total. The topological polar surface area (TPSA) is 96.7 Å². The average molecular weight is 397 g/mol. The van der Waals surface area contributed by atoms with Crippen LogP contribution in [0.3, 0.4) is 0 Å². The molecule has 4 rings (SSSR count). The molecule has 0 fully saturated rings. The number of amidine groups is 1. The summed E-state index contributed by atoms with van der Waals surface area (Å²) in [7, 11) is -3.40. The molecule has 2 aliphatic heterocycles. The summed E-state index contributed by atoms with van der Waals surface area (Å²) in [5.41, 5.74) is 2.61. The van der Waals surface area contributed by atoms with Crippen LogP contribution in [-0.4, -0.2) is 46.9 Å². The van der Waals surface area contributed by atoms with Crippen LogP contribution in [0.5, 0.6) is 0 Å². The summed E-state index contributed by atoms with van der Waals surface area (Å²) in [4.78, 5) is 18.1. The summed E-state index contributed by atoms with van der Waals surface area (Å²) in [5.74, 6) is 0.0729. The van der Waals surface area contributed by atoms with Gasteiger partial charge in [0, 0.05) is 38.2 Å². The molecule has 28 heavy (non-hydrogen) atoms. The van der Waals surface area contributed by atoms with Crippen molar-refractivity contribution in [3.63, 3.8) is 0 Å². The molecule has 0 aliphatic carbocycles. The number of carbonyl (C=O) groups excluding carboxylic acids is 1. The minimum Gasteiger partial charge on any atom is -0.348 e. The predicted molar refractivity (Wildman–Crippen MR) is 105 cm³/mol. The quantitative estimate of drug-likeness (QED) is 0.813. The largest absolute Gasteiger partial charge is 0.348 e. The van der Waals surface area contributed by atoms with Crippen molar-refractivity contribution in [2.45, 2.75) is 13.1 Å². The molecule has 2 aromatic rings. The number of sulfonamides is 1. The van der Waals surface area contributed by atoms with Crippen molar-refractivity contribution in [3.8, 4) is 0 Å². The third-order valence-corrected chi connectivity index (χ3v) is 5.65. The molecule has 0 radical (unpaired) electrons. The van der Waals surface area contributed by atoms with Gasteiger partial charge in [0.1, 0.15) is 5.84 Å². The molecule has 1 aromatic carbocycles. The summed E-state index contributed by atoms with van der Waals surface area (Å²) >= 11 is 0. The highest BCUT2D eigenvalue weighted by Gasteiger charge is 2.24. The summed E-state index contributed by atoms with van der Waals surface area (Å²) in [6.07, 6.45) is 10.2. The molecule has 0 unspecified atom stereocenters. The molecule has 0 saturated heterocycles. The summed E-state index contributed by atoms with van der Waals surface area (Å²) in [5, 5.41) is 2.89. The van der Waals surface area contributed by atoms with Gasteiger partial charge in [-0.15, -0.1) is 4.40 Å². The summed E-state index contributed by atoms with van der Waals surface area (Å²) < 4.78 is 28.8. The minimum absolute atomic E-state index is 0.0544. The van der Waals surface area contributed by atoms with Crippen molar-refractivity contribution in [1.82, 2.24) is 19.8 Å². The average Bonchev–Trinajstić information content (AvgIpc) is 3.19. The van der Waals surface area contributed by atoms with Crippen molar-refractivity contribution >= 4 is 21.8 Å². The number of nitrogens with zero attached hydrogens (tertiary/aromatic N) is 4. The number of hydrogen-bond acceptors (Lipinski definition) is 5. The zero-order valence-corrected chi connectivity index (χ0v) is 15.8. The van der Waals surface area contributed by atoms with Crippen LogP contribution in [0.15, 0.2) is 71.3 Å². The summed E-state index contributed by atoms with van der Waals surface area (Å²) in [6.45, 7) is 1.45. The number of carbonyl (C=O) groups is 1. The van der Waals surface area contributed by atoms with E-state index in [0.717, 1.165) is 17.7 Å². The standard InChI is InChI=1S/C19H19N5O3S/c25-19(17-5-6-18-22-28(26,27)10-9-24(18)13-17)21-11-15-1-3-16(4-2-15)12-23-8-7-20-14-23/h1-8,13-14H,9-12H2,(H,21,25). The first-order chi connectivity index (χ1) is 13.5. The number of rotatable bonds is 5. The number of amides is 1. The van der Waals surface area contributed by atoms with Crippen LogP contribution in [0.25, 0.3) is 0 Å². The smallest absolute Gasteiger partial charge is 0.256 e. The predicted octanol–water partition coefficient (Wildman–Crippen LogP) is 1.05. The van der Waals surface area contributed by atoms with Gasteiger partial charge < -0.3 is 14.8 Å². The third-order valence-electron chi connectivity index (χ3n) is 4.49. The molecule has 1 aromatic heterocycles. The van der Waals surface area contributed by atoms with Gasteiger partial charge in [-0.3, -0.25) is 4.79 Å². The zero-order chi connectivity index (χ0) is 19.6. The van der Waals surface area contributed by atoms with E-state index in [2.05, 4.69) is 14.7 Å². The van der Waals surface area contributed by atoms with E-state index in [1.54, 1.807) is 35.8 Å². The fraction of sp³-hybridized carbons (Fsp3) is 0.211. The molecule has 1 amide bonds. The van der Waals surface area contributed by atoms with E-state index in [0.29, 0.717) is 24.5 Å². The maximum Gasteiger partial charge on any atom is 0.256 e. The highest BCUT2D eigenvalue weighted by atomic mass is 32.2. The Balaban J connectivity index is 1.35. The number of nitrogens with one attached hydrogen (secondary N) is 1. The Labute approximate surface area is 163 Å². The van der Waals surface area contributed by atoms with Gasteiger partial charge in [0.15, 0.2) is 0 Å². The maximum absolute atomic E-state index is 12.4. The Morgan fingerprint density at radius 3 is 2.68 bits per heavy atom. The Bertz CT molecular complexity index is 1070. The van der Waals surface area contributed by atoms with Crippen LogP contribution in [0.1, 0.15) is 11.1 Å². The van der Waals surface area contributed by atoms with E-state index in [4.69, 9.17) is 0 Å². The van der Waals surface area contributed by atoms with Gasteiger partial charge in [-0.25, -0.2) is 13.4 Å². The van der Waals surface area contributed by atoms with Crippen molar-refractivity contribution in [3.05, 3.63) is 78.0 Å². The molecule has 3 heterocycles. The zero-order valence-electron chi connectivity index (χ0n) is 15.0.